The third kappa shape index (κ3) is 3.17. The summed E-state index contributed by atoms with van der Waals surface area (Å²) in [7, 11) is 2.73. The summed E-state index contributed by atoms with van der Waals surface area (Å²) < 4.78 is 26.4. The molecule has 3 rings (SSSR count). The van der Waals surface area contributed by atoms with Crippen molar-refractivity contribution in [3.8, 4) is 23.0 Å². The second-order valence-electron chi connectivity index (χ2n) is 5.72. The van der Waals surface area contributed by atoms with Gasteiger partial charge in [0.05, 0.1) is 26.6 Å². The van der Waals surface area contributed by atoms with E-state index in [1.165, 1.54) is 20.3 Å². The van der Waals surface area contributed by atoms with Gasteiger partial charge in [-0.15, -0.1) is 0 Å². The number of aromatic hydroxyl groups is 1. The van der Waals surface area contributed by atoms with Gasteiger partial charge in [-0.1, -0.05) is 0 Å². The molecule has 26 heavy (non-hydrogen) atoms. The van der Waals surface area contributed by atoms with Crippen LogP contribution in [-0.4, -0.2) is 32.1 Å². The maximum atomic E-state index is 12.0. The molecular weight excluding hydrogens is 344 g/mol. The molecule has 0 saturated heterocycles. The van der Waals surface area contributed by atoms with Gasteiger partial charge in [0.15, 0.2) is 17.3 Å². The van der Waals surface area contributed by atoms with Gasteiger partial charge in [-0.05, 0) is 24.6 Å². The number of fused-ring (bicyclic) bond motifs is 1. The molecule has 0 unspecified atom stereocenters. The van der Waals surface area contributed by atoms with Crippen molar-refractivity contribution >= 4 is 5.97 Å². The van der Waals surface area contributed by atoms with Gasteiger partial charge in [0.25, 0.3) is 0 Å². The first kappa shape index (κ1) is 17.7. The van der Waals surface area contributed by atoms with E-state index in [4.69, 9.17) is 23.4 Å². The number of carbonyl (C=O) groups is 1. The Hall–Kier alpha value is -3.16. The average molecular weight is 362 g/mol. The summed E-state index contributed by atoms with van der Waals surface area (Å²) >= 11 is 0. The zero-order chi connectivity index (χ0) is 18.8. The molecule has 138 valence electrons. The van der Waals surface area contributed by atoms with E-state index in [0.717, 1.165) is 0 Å². The molecule has 0 saturated carbocycles. The molecule has 0 aliphatic carbocycles. The first-order valence-electron chi connectivity index (χ1n) is 7.82. The third-order valence-electron chi connectivity index (χ3n) is 4.07. The highest BCUT2D eigenvalue weighted by Crippen LogP contribution is 2.45. The Balaban J connectivity index is 2.17. The number of aryl methyl sites for hydroxylation is 1. The standard InChI is InChI=1S/C18H18O8/c1-9-4-12(19)16(21)17(26-9)11(7-15(20)23-3)10-5-13(22-2)18-14(6-10)24-8-25-18/h4-6,11,21H,7-8H2,1-3H3/t11-/m0/s1. The number of carbonyl (C=O) groups excluding carboxylic acids is 1. The molecule has 1 aliphatic rings. The summed E-state index contributed by atoms with van der Waals surface area (Å²) in [6.07, 6.45) is -0.154. The number of ether oxygens (including phenoxy) is 4. The van der Waals surface area contributed by atoms with Crippen LogP contribution in [0, 0.1) is 6.92 Å². The topological polar surface area (TPSA) is 104 Å². The first-order chi connectivity index (χ1) is 12.4. The van der Waals surface area contributed by atoms with Gasteiger partial charge >= 0.3 is 5.97 Å². The van der Waals surface area contributed by atoms with Crippen molar-refractivity contribution in [1.29, 1.82) is 0 Å². The fraction of sp³-hybridized carbons (Fsp3) is 0.333. The van der Waals surface area contributed by atoms with Crippen LogP contribution in [0.3, 0.4) is 0 Å². The SMILES string of the molecule is COC(=O)C[C@@H](c1cc(OC)c2c(c1)OCO2)c1oc(C)cc(=O)c1O. The average Bonchev–Trinajstić information content (AvgIpc) is 3.10. The summed E-state index contributed by atoms with van der Waals surface area (Å²) in [5, 5.41) is 10.2. The highest BCUT2D eigenvalue weighted by Gasteiger charge is 2.30. The summed E-state index contributed by atoms with van der Waals surface area (Å²) in [5.41, 5.74) is -0.0492. The Morgan fingerprint density at radius 3 is 2.73 bits per heavy atom. The van der Waals surface area contributed by atoms with Crippen molar-refractivity contribution in [2.45, 2.75) is 19.3 Å². The lowest BCUT2D eigenvalue weighted by Crippen LogP contribution is -2.13. The Bertz CT molecular complexity index is 899. The van der Waals surface area contributed by atoms with E-state index >= 15 is 0 Å². The Labute approximate surface area is 148 Å². The normalized spacial score (nSPS) is 13.3. The molecule has 1 aromatic carbocycles. The van der Waals surface area contributed by atoms with Crippen molar-refractivity contribution in [3.63, 3.8) is 0 Å². The van der Waals surface area contributed by atoms with E-state index in [2.05, 4.69) is 0 Å². The van der Waals surface area contributed by atoms with Gasteiger partial charge in [0.2, 0.25) is 23.7 Å². The molecule has 1 aromatic heterocycles. The molecule has 8 heteroatoms. The number of rotatable bonds is 5. The smallest absolute Gasteiger partial charge is 0.306 e. The van der Waals surface area contributed by atoms with Crippen molar-refractivity contribution in [2.75, 3.05) is 21.0 Å². The zero-order valence-corrected chi connectivity index (χ0v) is 14.5. The van der Waals surface area contributed by atoms with Crippen molar-refractivity contribution < 1.29 is 33.3 Å². The monoisotopic (exact) mass is 362 g/mol. The van der Waals surface area contributed by atoms with E-state index in [1.54, 1.807) is 19.1 Å². The van der Waals surface area contributed by atoms with Crippen LogP contribution in [0.25, 0.3) is 0 Å². The first-order valence-corrected chi connectivity index (χ1v) is 7.82. The highest BCUT2D eigenvalue weighted by atomic mass is 16.7. The summed E-state index contributed by atoms with van der Waals surface area (Å²) in [5.74, 6) is -0.299. The molecule has 0 fully saturated rings. The van der Waals surface area contributed by atoms with Crippen LogP contribution in [0.4, 0.5) is 0 Å². The van der Waals surface area contributed by atoms with Crippen molar-refractivity contribution in [2.24, 2.45) is 0 Å². The molecular formula is C18H18O8. The van der Waals surface area contributed by atoms with Gasteiger partial charge in [-0.3, -0.25) is 9.59 Å². The van der Waals surface area contributed by atoms with E-state index in [0.29, 0.717) is 28.6 Å². The highest BCUT2D eigenvalue weighted by molar-refractivity contribution is 5.71. The van der Waals surface area contributed by atoms with Crippen LogP contribution in [0.15, 0.2) is 27.4 Å². The van der Waals surface area contributed by atoms with E-state index in [-0.39, 0.29) is 19.0 Å². The second-order valence-corrected chi connectivity index (χ2v) is 5.72. The van der Waals surface area contributed by atoms with Crippen molar-refractivity contribution in [1.82, 2.24) is 0 Å². The quantitative estimate of drug-likeness (QED) is 0.806. The fourth-order valence-electron chi connectivity index (χ4n) is 2.82. The third-order valence-corrected chi connectivity index (χ3v) is 4.07. The van der Waals surface area contributed by atoms with E-state index in [1.807, 2.05) is 0 Å². The summed E-state index contributed by atoms with van der Waals surface area (Å²) in [4.78, 5) is 23.9. The number of methoxy groups -OCH3 is 2. The maximum absolute atomic E-state index is 12.0. The molecule has 0 spiro atoms. The Kier molecular flexibility index (Phi) is 4.75. The van der Waals surface area contributed by atoms with Crippen molar-refractivity contribution in [3.05, 3.63) is 45.5 Å². The van der Waals surface area contributed by atoms with Crippen LogP contribution in [0.1, 0.15) is 29.4 Å². The summed E-state index contributed by atoms with van der Waals surface area (Å²) in [6, 6.07) is 4.47. The Morgan fingerprint density at radius 2 is 2.04 bits per heavy atom. The minimum Gasteiger partial charge on any atom is -0.502 e. The van der Waals surface area contributed by atoms with Crippen LogP contribution < -0.4 is 19.6 Å². The van der Waals surface area contributed by atoms with Gasteiger partial charge in [0.1, 0.15) is 5.76 Å². The van der Waals surface area contributed by atoms with Gasteiger partial charge < -0.3 is 28.5 Å². The molecule has 2 aromatic rings. The molecule has 1 aliphatic heterocycles. The van der Waals surface area contributed by atoms with Crippen LogP contribution in [0.5, 0.6) is 23.0 Å². The number of esters is 1. The fourth-order valence-corrected chi connectivity index (χ4v) is 2.82. The molecule has 1 atom stereocenters. The molecule has 8 nitrogen and oxygen atoms in total. The van der Waals surface area contributed by atoms with Crippen LogP contribution >= 0.6 is 0 Å². The molecule has 2 heterocycles. The maximum Gasteiger partial charge on any atom is 0.306 e. The molecule has 0 radical (unpaired) electrons. The minimum atomic E-state index is -0.779. The lowest BCUT2D eigenvalue weighted by atomic mass is 9.91. The van der Waals surface area contributed by atoms with Gasteiger partial charge in [-0.2, -0.15) is 0 Å². The molecule has 0 bridgehead atoms. The number of benzene rings is 1. The molecule has 1 N–H and O–H groups in total. The van der Waals surface area contributed by atoms with Gasteiger partial charge in [-0.25, -0.2) is 0 Å². The predicted octanol–water partition coefficient (Wildman–Crippen LogP) is 2.09. The number of hydrogen-bond donors (Lipinski definition) is 1. The minimum absolute atomic E-state index is 0.0266. The summed E-state index contributed by atoms with van der Waals surface area (Å²) in [6.45, 7) is 1.63. The Morgan fingerprint density at radius 1 is 1.27 bits per heavy atom. The second kappa shape index (κ2) is 6.99. The van der Waals surface area contributed by atoms with Crippen LogP contribution in [0.2, 0.25) is 0 Å². The van der Waals surface area contributed by atoms with E-state index < -0.39 is 23.1 Å². The predicted molar refractivity (Wildman–Crippen MR) is 89.0 cm³/mol. The van der Waals surface area contributed by atoms with E-state index in [9.17, 15) is 14.7 Å². The van der Waals surface area contributed by atoms with Gasteiger partial charge in [0, 0.05) is 6.07 Å². The lowest BCUT2D eigenvalue weighted by molar-refractivity contribution is -0.140. The molecule has 0 amide bonds. The number of hydrogen-bond acceptors (Lipinski definition) is 8. The zero-order valence-electron chi connectivity index (χ0n) is 14.5. The largest absolute Gasteiger partial charge is 0.502 e. The van der Waals surface area contributed by atoms with Crippen LogP contribution in [-0.2, 0) is 9.53 Å². The lowest BCUT2D eigenvalue weighted by Gasteiger charge is -2.18.